The van der Waals surface area contributed by atoms with Crippen LogP contribution in [0.5, 0.6) is 0 Å². The molecule has 3 atom stereocenters. The lowest BCUT2D eigenvalue weighted by molar-refractivity contribution is 0.454. The SMILES string of the molecule is CC1CC1C(Cc1nc2ccccc2s1)NN. The van der Waals surface area contributed by atoms with Crippen molar-refractivity contribution in [1.82, 2.24) is 10.4 Å². The summed E-state index contributed by atoms with van der Waals surface area (Å²) in [6.07, 6.45) is 2.24. The highest BCUT2D eigenvalue weighted by atomic mass is 32.1. The zero-order valence-corrected chi connectivity index (χ0v) is 10.7. The molecule has 1 aliphatic carbocycles. The summed E-state index contributed by atoms with van der Waals surface area (Å²) in [5.74, 6) is 7.18. The molecule has 1 aliphatic rings. The number of aromatic nitrogens is 1. The lowest BCUT2D eigenvalue weighted by atomic mass is 10.1. The van der Waals surface area contributed by atoms with Crippen LogP contribution in [0.2, 0.25) is 0 Å². The number of rotatable bonds is 4. The Morgan fingerprint density at radius 3 is 2.94 bits per heavy atom. The van der Waals surface area contributed by atoms with E-state index < -0.39 is 0 Å². The molecule has 0 saturated heterocycles. The average molecular weight is 247 g/mol. The first-order valence-corrected chi connectivity index (χ1v) is 6.90. The third kappa shape index (κ3) is 2.20. The van der Waals surface area contributed by atoms with Gasteiger partial charge in [-0.05, 0) is 30.4 Å². The van der Waals surface area contributed by atoms with E-state index in [1.165, 1.54) is 16.1 Å². The minimum atomic E-state index is 0.380. The van der Waals surface area contributed by atoms with E-state index in [0.717, 1.165) is 23.8 Å². The molecule has 0 bridgehead atoms. The van der Waals surface area contributed by atoms with Crippen LogP contribution < -0.4 is 11.3 Å². The fraction of sp³-hybridized carbons (Fsp3) is 0.462. The largest absolute Gasteiger partial charge is 0.271 e. The Balaban J connectivity index is 1.79. The van der Waals surface area contributed by atoms with Crippen LogP contribution in [0.4, 0.5) is 0 Å². The lowest BCUT2D eigenvalue weighted by Crippen LogP contribution is -2.38. The van der Waals surface area contributed by atoms with E-state index in [4.69, 9.17) is 5.84 Å². The van der Waals surface area contributed by atoms with E-state index in [1.54, 1.807) is 11.3 Å². The molecule has 90 valence electrons. The summed E-state index contributed by atoms with van der Waals surface area (Å²) in [4.78, 5) is 4.66. The van der Waals surface area contributed by atoms with Crippen LogP contribution in [-0.2, 0) is 6.42 Å². The summed E-state index contributed by atoms with van der Waals surface area (Å²) < 4.78 is 1.27. The first kappa shape index (κ1) is 11.1. The minimum absolute atomic E-state index is 0.380. The van der Waals surface area contributed by atoms with Crippen LogP contribution in [0, 0.1) is 11.8 Å². The topological polar surface area (TPSA) is 50.9 Å². The van der Waals surface area contributed by atoms with Gasteiger partial charge in [0.25, 0.3) is 0 Å². The minimum Gasteiger partial charge on any atom is -0.271 e. The number of nitrogens with two attached hydrogens (primary N) is 1. The fourth-order valence-corrected chi connectivity index (χ4v) is 3.47. The molecule has 1 fully saturated rings. The van der Waals surface area contributed by atoms with Crippen molar-refractivity contribution >= 4 is 21.6 Å². The van der Waals surface area contributed by atoms with E-state index in [0.29, 0.717) is 6.04 Å². The average Bonchev–Trinajstić information content (AvgIpc) is 2.92. The van der Waals surface area contributed by atoms with Gasteiger partial charge in [-0.3, -0.25) is 11.3 Å². The highest BCUT2D eigenvalue weighted by Gasteiger charge is 2.39. The molecule has 17 heavy (non-hydrogen) atoms. The number of nitrogens with zero attached hydrogens (tertiary/aromatic N) is 1. The third-order valence-electron chi connectivity index (χ3n) is 3.64. The summed E-state index contributed by atoms with van der Waals surface area (Å²) >= 11 is 1.78. The van der Waals surface area contributed by atoms with Gasteiger partial charge in [0.05, 0.1) is 15.2 Å². The van der Waals surface area contributed by atoms with Crippen LogP contribution in [0.25, 0.3) is 10.2 Å². The predicted molar refractivity (Wildman–Crippen MR) is 71.7 cm³/mol. The molecule has 4 heteroatoms. The monoisotopic (exact) mass is 247 g/mol. The number of fused-ring (bicyclic) bond motifs is 1. The summed E-state index contributed by atoms with van der Waals surface area (Å²) in [5.41, 5.74) is 4.06. The van der Waals surface area contributed by atoms with E-state index >= 15 is 0 Å². The molecule has 2 aromatic rings. The Morgan fingerprint density at radius 2 is 2.29 bits per heavy atom. The van der Waals surface area contributed by atoms with Gasteiger partial charge in [-0.25, -0.2) is 4.98 Å². The number of benzene rings is 1. The van der Waals surface area contributed by atoms with Crippen molar-refractivity contribution in [1.29, 1.82) is 0 Å². The molecular weight excluding hydrogens is 230 g/mol. The number of thiazole rings is 1. The van der Waals surface area contributed by atoms with Gasteiger partial charge in [-0.15, -0.1) is 11.3 Å². The van der Waals surface area contributed by atoms with Gasteiger partial charge < -0.3 is 0 Å². The first-order valence-electron chi connectivity index (χ1n) is 6.08. The molecule has 0 radical (unpaired) electrons. The Kier molecular flexibility index (Phi) is 2.86. The maximum atomic E-state index is 5.64. The Bertz CT molecular complexity index is 489. The summed E-state index contributed by atoms with van der Waals surface area (Å²) in [6, 6.07) is 8.67. The maximum absolute atomic E-state index is 5.64. The molecule has 3 N–H and O–H groups in total. The van der Waals surface area contributed by atoms with Crippen LogP contribution in [0.15, 0.2) is 24.3 Å². The van der Waals surface area contributed by atoms with Gasteiger partial charge in [0.1, 0.15) is 0 Å². The van der Waals surface area contributed by atoms with E-state index in [-0.39, 0.29) is 0 Å². The predicted octanol–water partition coefficient (Wildman–Crippen LogP) is 2.33. The molecule has 3 nitrogen and oxygen atoms in total. The second-order valence-corrected chi connectivity index (χ2v) is 6.04. The van der Waals surface area contributed by atoms with Gasteiger partial charge in [-0.1, -0.05) is 19.1 Å². The number of hydrazine groups is 1. The highest BCUT2D eigenvalue weighted by Crippen LogP contribution is 2.41. The van der Waals surface area contributed by atoms with Crippen LogP contribution in [0.3, 0.4) is 0 Å². The van der Waals surface area contributed by atoms with Gasteiger partial charge in [0.2, 0.25) is 0 Å². The Morgan fingerprint density at radius 1 is 1.53 bits per heavy atom. The summed E-state index contributed by atoms with van der Waals surface area (Å²) in [5, 5.41) is 1.19. The zero-order chi connectivity index (χ0) is 11.8. The second-order valence-electron chi connectivity index (χ2n) is 4.93. The maximum Gasteiger partial charge on any atom is 0.0954 e. The smallest absolute Gasteiger partial charge is 0.0954 e. The molecule has 1 heterocycles. The molecule has 0 spiro atoms. The molecule has 1 saturated carbocycles. The van der Waals surface area contributed by atoms with Crippen molar-refractivity contribution < 1.29 is 0 Å². The first-order chi connectivity index (χ1) is 8.28. The van der Waals surface area contributed by atoms with Crippen molar-refractivity contribution in [2.24, 2.45) is 17.7 Å². The molecule has 3 rings (SSSR count). The van der Waals surface area contributed by atoms with Crippen molar-refractivity contribution in [3.63, 3.8) is 0 Å². The van der Waals surface area contributed by atoms with E-state index in [1.807, 2.05) is 6.07 Å². The van der Waals surface area contributed by atoms with Crippen LogP contribution in [0.1, 0.15) is 18.4 Å². The van der Waals surface area contributed by atoms with Crippen molar-refractivity contribution in [2.75, 3.05) is 0 Å². The van der Waals surface area contributed by atoms with Gasteiger partial charge in [0, 0.05) is 12.5 Å². The fourth-order valence-electron chi connectivity index (χ4n) is 2.44. The van der Waals surface area contributed by atoms with Crippen molar-refractivity contribution in [2.45, 2.75) is 25.8 Å². The van der Waals surface area contributed by atoms with E-state index in [2.05, 4.69) is 35.5 Å². The number of para-hydroxylation sites is 1. The summed E-state index contributed by atoms with van der Waals surface area (Å²) in [7, 11) is 0. The number of hydrogen-bond donors (Lipinski definition) is 2. The second kappa shape index (κ2) is 4.37. The number of nitrogens with one attached hydrogen (secondary N) is 1. The van der Waals surface area contributed by atoms with Crippen LogP contribution >= 0.6 is 11.3 Å². The number of hydrogen-bond acceptors (Lipinski definition) is 4. The summed E-state index contributed by atoms with van der Waals surface area (Å²) in [6.45, 7) is 2.29. The molecule has 0 amide bonds. The van der Waals surface area contributed by atoms with Crippen LogP contribution in [-0.4, -0.2) is 11.0 Å². The van der Waals surface area contributed by atoms with E-state index in [9.17, 15) is 0 Å². The van der Waals surface area contributed by atoms with Crippen molar-refractivity contribution in [3.05, 3.63) is 29.3 Å². The molecular formula is C13H17N3S. The molecule has 0 aliphatic heterocycles. The van der Waals surface area contributed by atoms with Crippen molar-refractivity contribution in [3.8, 4) is 0 Å². The Labute approximate surface area is 105 Å². The molecule has 1 aromatic heterocycles. The molecule has 1 aromatic carbocycles. The van der Waals surface area contributed by atoms with Gasteiger partial charge in [-0.2, -0.15) is 0 Å². The molecule has 3 unspecified atom stereocenters. The standard InChI is InChI=1S/C13H17N3S/c1-8-6-9(8)11(16-14)7-13-15-10-4-2-3-5-12(10)17-13/h2-5,8-9,11,16H,6-7,14H2,1H3. The van der Waals surface area contributed by atoms with Gasteiger partial charge >= 0.3 is 0 Å². The zero-order valence-electron chi connectivity index (χ0n) is 9.89. The lowest BCUT2D eigenvalue weighted by Gasteiger charge is -2.13. The third-order valence-corrected chi connectivity index (χ3v) is 4.69. The quantitative estimate of drug-likeness (QED) is 0.644. The highest BCUT2D eigenvalue weighted by molar-refractivity contribution is 7.18. The normalized spacial score (nSPS) is 25.1. The Hall–Kier alpha value is -0.970. The van der Waals surface area contributed by atoms with Gasteiger partial charge in [0.15, 0.2) is 0 Å².